The van der Waals surface area contributed by atoms with Gasteiger partial charge in [-0.2, -0.15) is 5.26 Å². The Balaban J connectivity index is 1.74. The maximum absolute atomic E-state index is 12.1. The Bertz CT molecular complexity index is 1240. The molecule has 0 aliphatic rings. The molecule has 0 saturated heterocycles. The highest BCUT2D eigenvalue weighted by Crippen LogP contribution is 2.32. The average Bonchev–Trinajstić information content (AvgIpc) is 3.29. The van der Waals surface area contributed by atoms with Gasteiger partial charge < -0.3 is 9.30 Å². The van der Waals surface area contributed by atoms with Crippen molar-refractivity contribution in [2.75, 3.05) is 6.61 Å². The molecule has 0 fully saturated rings. The van der Waals surface area contributed by atoms with Gasteiger partial charge in [0.05, 0.1) is 30.1 Å². The third-order valence-corrected chi connectivity index (χ3v) is 5.75. The minimum atomic E-state index is -0.353. The van der Waals surface area contributed by atoms with Crippen molar-refractivity contribution in [2.24, 2.45) is 0 Å². The van der Waals surface area contributed by atoms with Gasteiger partial charge in [-0.15, -0.1) is 11.3 Å². The van der Waals surface area contributed by atoms with Crippen molar-refractivity contribution >= 4 is 28.2 Å². The first kappa shape index (κ1) is 18.8. The van der Waals surface area contributed by atoms with Crippen LogP contribution in [-0.4, -0.2) is 27.1 Å². The highest BCUT2D eigenvalue weighted by molar-refractivity contribution is 7.17. The number of aryl methyl sites for hydroxylation is 1. The summed E-state index contributed by atoms with van der Waals surface area (Å²) >= 11 is 1.31. The second-order valence-corrected chi connectivity index (χ2v) is 7.49. The van der Waals surface area contributed by atoms with Crippen LogP contribution in [0.15, 0.2) is 48.8 Å². The molecule has 144 valence electrons. The molecule has 0 bridgehead atoms. The van der Waals surface area contributed by atoms with E-state index in [2.05, 4.69) is 16.0 Å². The molecule has 0 aliphatic heterocycles. The summed E-state index contributed by atoms with van der Waals surface area (Å²) in [4.78, 5) is 21.5. The summed E-state index contributed by atoms with van der Waals surface area (Å²) in [7, 11) is 0. The largest absolute Gasteiger partial charge is 0.462 e. The molecule has 0 amide bonds. The third-order valence-electron chi connectivity index (χ3n) is 4.56. The van der Waals surface area contributed by atoms with Crippen molar-refractivity contribution in [3.8, 4) is 16.6 Å². The molecule has 0 atom stereocenters. The van der Waals surface area contributed by atoms with Gasteiger partial charge in [0, 0.05) is 28.9 Å². The first-order chi connectivity index (χ1) is 14.1. The Hall–Kier alpha value is -3.50. The maximum Gasteiger partial charge on any atom is 0.350 e. The molecule has 0 aliphatic carbocycles. The SMILES string of the molecule is CCOC(=O)c1sc(-c2ccc3c(c2)c(C#N)cn3Cc2ccccn2)nc1C. The summed E-state index contributed by atoms with van der Waals surface area (Å²) in [5.74, 6) is -0.353. The number of carbonyl (C=O) groups is 1. The van der Waals surface area contributed by atoms with Crippen molar-refractivity contribution in [3.63, 3.8) is 0 Å². The number of nitrogens with zero attached hydrogens (tertiary/aromatic N) is 4. The van der Waals surface area contributed by atoms with Gasteiger partial charge in [-0.05, 0) is 44.2 Å². The van der Waals surface area contributed by atoms with Gasteiger partial charge in [0.2, 0.25) is 0 Å². The minimum absolute atomic E-state index is 0.326. The monoisotopic (exact) mass is 402 g/mol. The van der Waals surface area contributed by atoms with Crippen LogP contribution in [-0.2, 0) is 11.3 Å². The first-order valence-electron chi connectivity index (χ1n) is 9.18. The van der Waals surface area contributed by atoms with Crippen LogP contribution < -0.4 is 0 Å². The lowest BCUT2D eigenvalue weighted by Gasteiger charge is -2.05. The van der Waals surface area contributed by atoms with Gasteiger partial charge in [-0.1, -0.05) is 6.07 Å². The van der Waals surface area contributed by atoms with Gasteiger partial charge >= 0.3 is 5.97 Å². The molecular formula is C22H18N4O2S. The predicted octanol–water partition coefficient (Wildman–Crippen LogP) is 4.56. The lowest BCUT2D eigenvalue weighted by atomic mass is 10.1. The second kappa shape index (κ2) is 7.86. The van der Waals surface area contributed by atoms with E-state index >= 15 is 0 Å². The van der Waals surface area contributed by atoms with Crippen molar-refractivity contribution in [2.45, 2.75) is 20.4 Å². The molecule has 3 heterocycles. The molecule has 0 N–H and O–H groups in total. The number of hydrogen-bond acceptors (Lipinski definition) is 6. The molecule has 6 nitrogen and oxygen atoms in total. The van der Waals surface area contributed by atoms with E-state index in [9.17, 15) is 10.1 Å². The Labute approximate surface area is 172 Å². The summed E-state index contributed by atoms with van der Waals surface area (Å²) in [5, 5.41) is 11.2. The van der Waals surface area contributed by atoms with E-state index in [1.807, 2.05) is 47.2 Å². The number of carbonyl (C=O) groups excluding carboxylic acids is 1. The van der Waals surface area contributed by atoms with E-state index in [0.29, 0.717) is 29.3 Å². The molecule has 0 spiro atoms. The smallest absolute Gasteiger partial charge is 0.350 e. The number of esters is 1. The quantitative estimate of drug-likeness (QED) is 0.457. The van der Waals surface area contributed by atoms with E-state index in [-0.39, 0.29) is 5.97 Å². The van der Waals surface area contributed by atoms with Crippen LogP contribution in [0.25, 0.3) is 21.5 Å². The van der Waals surface area contributed by atoms with Crippen LogP contribution in [0.4, 0.5) is 0 Å². The zero-order chi connectivity index (χ0) is 20.4. The summed E-state index contributed by atoms with van der Waals surface area (Å²) in [6, 6.07) is 14.0. The van der Waals surface area contributed by atoms with E-state index in [1.54, 1.807) is 20.0 Å². The van der Waals surface area contributed by atoms with Gasteiger partial charge in [0.1, 0.15) is 16.0 Å². The summed E-state index contributed by atoms with van der Waals surface area (Å²) in [6.07, 6.45) is 3.61. The number of pyridine rings is 1. The normalized spacial score (nSPS) is 10.8. The highest BCUT2D eigenvalue weighted by Gasteiger charge is 2.18. The topological polar surface area (TPSA) is 80.8 Å². The number of fused-ring (bicyclic) bond motifs is 1. The Morgan fingerprint density at radius 1 is 1.31 bits per heavy atom. The fourth-order valence-corrected chi connectivity index (χ4v) is 4.18. The summed E-state index contributed by atoms with van der Waals surface area (Å²) in [5.41, 5.74) is 3.99. The predicted molar refractivity (Wildman–Crippen MR) is 112 cm³/mol. The fourth-order valence-electron chi connectivity index (χ4n) is 3.22. The summed E-state index contributed by atoms with van der Waals surface area (Å²) in [6.45, 7) is 4.49. The van der Waals surface area contributed by atoms with Crippen LogP contribution in [0.2, 0.25) is 0 Å². The van der Waals surface area contributed by atoms with Gasteiger partial charge in [-0.25, -0.2) is 9.78 Å². The molecule has 29 heavy (non-hydrogen) atoms. The lowest BCUT2D eigenvalue weighted by Crippen LogP contribution is -2.03. The van der Waals surface area contributed by atoms with Crippen LogP contribution in [0.5, 0.6) is 0 Å². The van der Waals surface area contributed by atoms with Crippen molar-refractivity contribution in [1.82, 2.24) is 14.5 Å². The molecule has 0 radical (unpaired) electrons. The van der Waals surface area contributed by atoms with Crippen molar-refractivity contribution < 1.29 is 9.53 Å². The maximum atomic E-state index is 12.1. The van der Waals surface area contributed by atoms with Crippen molar-refractivity contribution in [3.05, 3.63) is 70.6 Å². The standard InChI is InChI=1S/C22H18N4O2S/c1-3-28-22(27)20-14(2)25-21(29-20)15-7-8-19-18(10-15)16(11-23)12-26(19)13-17-6-4-5-9-24-17/h4-10,12H,3,13H2,1-2H3. The van der Waals surface area contributed by atoms with E-state index in [1.165, 1.54) is 11.3 Å². The van der Waals surface area contributed by atoms with Crippen LogP contribution in [0.3, 0.4) is 0 Å². The van der Waals surface area contributed by atoms with Crippen LogP contribution in [0, 0.1) is 18.3 Å². The second-order valence-electron chi connectivity index (χ2n) is 6.49. The van der Waals surface area contributed by atoms with Crippen molar-refractivity contribution in [1.29, 1.82) is 5.26 Å². The first-order valence-corrected chi connectivity index (χ1v) is 10.00. The van der Waals surface area contributed by atoms with E-state index in [4.69, 9.17) is 4.74 Å². The minimum Gasteiger partial charge on any atom is -0.462 e. The fraction of sp³-hybridized carbons (Fsp3) is 0.182. The van der Waals surface area contributed by atoms with Gasteiger partial charge in [-0.3, -0.25) is 4.98 Å². The number of ether oxygens (including phenoxy) is 1. The Morgan fingerprint density at radius 2 is 2.17 bits per heavy atom. The molecule has 4 aromatic rings. The number of hydrogen-bond donors (Lipinski definition) is 0. The Morgan fingerprint density at radius 3 is 2.90 bits per heavy atom. The Kier molecular flexibility index (Phi) is 5.10. The zero-order valence-corrected chi connectivity index (χ0v) is 16.9. The van der Waals surface area contributed by atoms with Gasteiger partial charge in [0.25, 0.3) is 0 Å². The average molecular weight is 402 g/mol. The number of aromatic nitrogens is 3. The molecule has 3 aromatic heterocycles. The number of benzene rings is 1. The highest BCUT2D eigenvalue weighted by atomic mass is 32.1. The number of nitriles is 1. The number of thiazole rings is 1. The molecule has 7 heteroatoms. The van der Waals surface area contributed by atoms with Crippen LogP contribution >= 0.6 is 11.3 Å². The lowest BCUT2D eigenvalue weighted by molar-refractivity contribution is 0.0531. The summed E-state index contributed by atoms with van der Waals surface area (Å²) < 4.78 is 7.13. The molecule has 0 saturated carbocycles. The van der Waals surface area contributed by atoms with E-state index in [0.717, 1.165) is 27.2 Å². The number of rotatable bonds is 5. The zero-order valence-electron chi connectivity index (χ0n) is 16.0. The third kappa shape index (κ3) is 3.62. The molecule has 1 aromatic carbocycles. The molecular weight excluding hydrogens is 384 g/mol. The molecule has 0 unspecified atom stereocenters. The van der Waals surface area contributed by atoms with Crippen LogP contribution in [0.1, 0.15) is 33.5 Å². The van der Waals surface area contributed by atoms with Gasteiger partial charge in [0.15, 0.2) is 0 Å². The molecule has 4 rings (SSSR count). The van der Waals surface area contributed by atoms with E-state index < -0.39 is 0 Å².